The molecule has 1 unspecified atom stereocenters. The first kappa shape index (κ1) is 11.9. The number of rotatable bonds is 5. The third-order valence-electron chi connectivity index (χ3n) is 2.49. The van der Waals surface area contributed by atoms with Crippen LogP contribution in [-0.2, 0) is 17.8 Å². The van der Waals surface area contributed by atoms with Gasteiger partial charge in [-0.05, 0) is 26.3 Å². The number of nitrogens with two attached hydrogens (primary N) is 1. The van der Waals surface area contributed by atoms with E-state index < -0.39 is 0 Å². The summed E-state index contributed by atoms with van der Waals surface area (Å²) in [6.07, 6.45) is 1.09. The summed E-state index contributed by atoms with van der Waals surface area (Å²) in [6.45, 7) is 6.66. The highest BCUT2D eigenvalue weighted by Gasteiger charge is 2.14. The largest absolute Gasteiger partial charge is 0.322 e. The maximum Gasteiger partial charge on any atom is 0.155 e. The SMILES string of the molecule is CCC(N)C(=O)Cc1cc(C)nn1CC. The minimum absolute atomic E-state index is 0.0899. The second-order valence-electron chi connectivity index (χ2n) is 3.75. The van der Waals surface area contributed by atoms with Crippen molar-refractivity contribution in [2.45, 2.75) is 46.2 Å². The molecule has 0 aliphatic heterocycles. The maximum atomic E-state index is 11.7. The van der Waals surface area contributed by atoms with Crippen LogP contribution < -0.4 is 5.73 Å². The molecule has 0 bridgehead atoms. The monoisotopic (exact) mass is 209 g/mol. The van der Waals surface area contributed by atoms with Gasteiger partial charge in [-0.2, -0.15) is 5.10 Å². The molecule has 4 heteroatoms. The van der Waals surface area contributed by atoms with Crippen molar-refractivity contribution >= 4 is 5.78 Å². The zero-order valence-electron chi connectivity index (χ0n) is 9.66. The molecular weight excluding hydrogens is 190 g/mol. The third-order valence-corrected chi connectivity index (χ3v) is 2.49. The molecule has 0 fully saturated rings. The molecule has 0 aromatic carbocycles. The van der Waals surface area contributed by atoms with E-state index in [1.807, 2.05) is 31.5 Å². The fourth-order valence-corrected chi connectivity index (χ4v) is 1.55. The van der Waals surface area contributed by atoms with Gasteiger partial charge < -0.3 is 5.73 Å². The summed E-state index contributed by atoms with van der Waals surface area (Å²) in [5.74, 6) is 0.0899. The zero-order valence-corrected chi connectivity index (χ0v) is 9.66. The second-order valence-corrected chi connectivity index (χ2v) is 3.75. The van der Waals surface area contributed by atoms with Crippen LogP contribution >= 0.6 is 0 Å². The summed E-state index contributed by atoms with van der Waals surface area (Å²) in [5, 5.41) is 4.29. The Kier molecular flexibility index (Phi) is 4.03. The highest BCUT2D eigenvalue weighted by molar-refractivity contribution is 5.85. The van der Waals surface area contributed by atoms with Gasteiger partial charge in [0, 0.05) is 12.2 Å². The average Bonchev–Trinajstić information content (AvgIpc) is 2.57. The Morgan fingerprint density at radius 3 is 2.80 bits per heavy atom. The van der Waals surface area contributed by atoms with E-state index >= 15 is 0 Å². The molecule has 2 N–H and O–H groups in total. The van der Waals surface area contributed by atoms with Gasteiger partial charge in [-0.15, -0.1) is 0 Å². The van der Waals surface area contributed by atoms with E-state index in [1.165, 1.54) is 0 Å². The summed E-state index contributed by atoms with van der Waals surface area (Å²) in [4.78, 5) is 11.7. The van der Waals surface area contributed by atoms with Crippen molar-refractivity contribution in [3.8, 4) is 0 Å². The zero-order chi connectivity index (χ0) is 11.4. The van der Waals surface area contributed by atoms with E-state index in [9.17, 15) is 4.79 Å². The molecule has 84 valence electrons. The van der Waals surface area contributed by atoms with Crippen LogP contribution in [0.25, 0.3) is 0 Å². The van der Waals surface area contributed by atoms with Gasteiger partial charge >= 0.3 is 0 Å². The van der Waals surface area contributed by atoms with Gasteiger partial charge in [-0.3, -0.25) is 9.48 Å². The number of hydrogen-bond donors (Lipinski definition) is 1. The second kappa shape index (κ2) is 5.07. The van der Waals surface area contributed by atoms with E-state index in [0.717, 1.165) is 17.9 Å². The minimum Gasteiger partial charge on any atom is -0.322 e. The van der Waals surface area contributed by atoms with Crippen LogP contribution in [0, 0.1) is 6.92 Å². The Balaban J connectivity index is 2.75. The van der Waals surface area contributed by atoms with E-state index in [-0.39, 0.29) is 11.8 Å². The molecule has 0 aliphatic rings. The molecule has 1 aromatic rings. The van der Waals surface area contributed by atoms with Crippen LogP contribution in [0.3, 0.4) is 0 Å². The normalized spacial score (nSPS) is 12.8. The fourth-order valence-electron chi connectivity index (χ4n) is 1.55. The molecule has 0 saturated carbocycles. The summed E-state index contributed by atoms with van der Waals surface area (Å²) < 4.78 is 1.86. The first-order valence-corrected chi connectivity index (χ1v) is 5.40. The number of ketones is 1. The lowest BCUT2D eigenvalue weighted by Crippen LogP contribution is -2.31. The molecular formula is C11H19N3O. The van der Waals surface area contributed by atoms with Crippen molar-refractivity contribution < 1.29 is 4.79 Å². The van der Waals surface area contributed by atoms with Crippen molar-refractivity contribution in [3.05, 3.63) is 17.5 Å². The van der Waals surface area contributed by atoms with Crippen molar-refractivity contribution in [2.75, 3.05) is 0 Å². The molecule has 0 radical (unpaired) electrons. The van der Waals surface area contributed by atoms with Gasteiger partial charge in [-0.1, -0.05) is 6.92 Å². The lowest BCUT2D eigenvalue weighted by molar-refractivity contribution is -0.119. The molecule has 0 saturated heterocycles. The van der Waals surface area contributed by atoms with Crippen LogP contribution in [0.2, 0.25) is 0 Å². The lowest BCUT2D eigenvalue weighted by Gasteiger charge is -2.08. The fraction of sp³-hybridized carbons (Fsp3) is 0.636. The predicted octanol–water partition coefficient (Wildman–Crippen LogP) is 1.06. The van der Waals surface area contributed by atoms with Gasteiger partial charge in [0.1, 0.15) is 0 Å². The quantitative estimate of drug-likeness (QED) is 0.788. The summed E-state index contributed by atoms with van der Waals surface area (Å²) in [7, 11) is 0. The highest BCUT2D eigenvalue weighted by atomic mass is 16.1. The Labute approximate surface area is 90.5 Å². The van der Waals surface area contributed by atoms with Crippen LogP contribution in [0.1, 0.15) is 31.7 Å². The first-order valence-electron chi connectivity index (χ1n) is 5.40. The van der Waals surface area contributed by atoms with Crippen LogP contribution in [-0.4, -0.2) is 21.6 Å². The molecule has 15 heavy (non-hydrogen) atoms. The van der Waals surface area contributed by atoms with Crippen molar-refractivity contribution in [2.24, 2.45) is 5.73 Å². The average molecular weight is 209 g/mol. The number of nitrogens with zero attached hydrogens (tertiary/aromatic N) is 2. The van der Waals surface area contributed by atoms with Gasteiger partial charge in [0.25, 0.3) is 0 Å². The smallest absolute Gasteiger partial charge is 0.155 e. The lowest BCUT2D eigenvalue weighted by atomic mass is 10.1. The summed E-state index contributed by atoms with van der Waals surface area (Å²) in [6, 6.07) is 1.61. The third kappa shape index (κ3) is 2.89. The topological polar surface area (TPSA) is 60.9 Å². The van der Waals surface area contributed by atoms with Crippen LogP contribution in [0.5, 0.6) is 0 Å². The number of aryl methyl sites for hydroxylation is 2. The highest BCUT2D eigenvalue weighted by Crippen LogP contribution is 2.06. The first-order chi connectivity index (χ1) is 7.08. The van der Waals surface area contributed by atoms with Gasteiger partial charge in [0.2, 0.25) is 0 Å². The van der Waals surface area contributed by atoms with Crippen LogP contribution in [0.15, 0.2) is 6.07 Å². The van der Waals surface area contributed by atoms with E-state index in [0.29, 0.717) is 12.8 Å². The van der Waals surface area contributed by atoms with E-state index in [4.69, 9.17) is 5.73 Å². The molecule has 0 aliphatic carbocycles. The van der Waals surface area contributed by atoms with E-state index in [2.05, 4.69) is 5.10 Å². The molecule has 4 nitrogen and oxygen atoms in total. The molecule has 1 rings (SSSR count). The van der Waals surface area contributed by atoms with Gasteiger partial charge in [0.05, 0.1) is 18.2 Å². The van der Waals surface area contributed by atoms with Gasteiger partial charge in [-0.25, -0.2) is 0 Å². The number of aromatic nitrogens is 2. The maximum absolute atomic E-state index is 11.7. The molecule has 0 spiro atoms. The van der Waals surface area contributed by atoms with Gasteiger partial charge in [0.15, 0.2) is 5.78 Å². The van der Waals surface area contributed by atoms with Crippen LogP contribution in [0.4, 0.5) is 0 Å². The number of Topliss-reactive ketones (excluding diaryl/α,β-unsaturated/α-hetero) is 1. The van der Waals surface area contributed by atoms with Crippen molar-refractivity contribution in [3.63, 3.8) is 0 Å². The summed E-state index contributed by atoms with van der Waals surface area (Å²) in [5.41, 5.74) is 7.59. The molecule has 1 atom stereocenters. The van der Waals surface area contributed by atoms with Crippen molar-refractivity contribution in [1.82, 2.24) is 9.78 Å². The standard InChI is InChI=1S/C11H19N3O/c1-4-10(12)11(15)7-9-6-8(3)13-14(9)5-2/h6,10H,4-5,7,12H2,1-3H3. The number of hydrogen-bond acceptors (Lipinski definition) is 3. The Morgan fingerprint density at radius 2 is 2.27 bits per heavy atom. The number of carbonyl (C=O) groups is 1. The Bertz CT molecular complexity index is 344. The summed E-state index contributed by atoms with van der Waals surface area (Å²) >= 11 is 0. The Hall–Kier alpha value is -1.16. The molecule has 1 heterocycles. The van der Waals surface area contributed by atoms with Crippen molar-refractivity contribution in [1.29, 1.82) is 0 Å². The predicted molar refractivity (Wildman–Crippen MR) is 59.6 cm³/mol. The number of carbonyl (C=O) groups excluding carboxylic acids is 1. The minimum atomic E-state index is -0.342. The molecule has 0 amide bonds. The Morgan fingerprint density at radius 1 is 1.60 bits per heavy atom. The molecule has 1 aromatic heterocycles. The van der Waals surface area contributed by atoms with E-state index in [1.54, 1.807) is 0 Å².